The molecule has 0 aliphatic heterocycles. The summed E-state index contributed by atoms with van der Waals surface area (Å²) >= 11 is 12.1. The molecule has 1 amide bonds. The standard InChI is InChI=1S/C19H22Cl2N2O4S/c1-4-27-16-10-9-14(12-17(16)28(25,26)23(2)3)22-18(24)11-8-13-6-5-7-15(20)19(13)21/h5-7,9-10,12H,4,8,11H2,1-3H3,(H,22,24). The summed E-state index contributed by atoms with van der Waals surface area (Å²) in [5.74, 6) is -0.0340. The Morgan fingerprint density at radius 1 is 1.18 bits per heavy atom. The molecule has 0 saturated carbocycles. The summed E-state index contributed by atoms with van der Waals surface area (Å²) in [7, 11) is -0.858. The van der Waals surface area contributed by atoms with Crippen LogP contribution < -0.4 is 10.1 Å². The molecule has 1 N–H and O–H groups in total. The van der Waals surface area contributed by atoms with Gasteiger partial charge in [-0.25, -0.2) is 12.7 Å². The van der Waals surface area contributed by atoms with Crippen LogP contribution in [0, 0.1) is 0 Å². The van der Waals surface area contributed by atoms with Gasteiger partial charge in [-0.05, 0) is 43.2 Å². The number of hydrogen-bond acceptors (Lipinski definition) is 4. The fourth-order valence-corrected chi connectivity index (χ4v) is 3.94. The minimum Gasteiger partial charge on any atom is -0.492 e. The van der Waals surface area contributed by atoms with Crippen LogP contribution in [0.15, 0.2) is 41.3 Å². The lowest BCUT2D eigenvalue weighted by molar-refractivity contribution is -0.116. The molecule has 0 radical (unpaired) electrons. The molecular weight excluding hydrogens is 423 g/mol. The van der Waals surface area contributed by atoms with E-state index in [1.807, 2.05) is 0 Å². The maximum Gasteiger partial charge on any atom is 0.246 e. The smallest absolute Gasteiger partial charge is 0.246 e. The van der Waals surface area contributed by atoms with E-state index in [0.717, 1.165) is 9.87 Å². The van der Waals surface area contributed by atoms with Gasteiger partial charge in [-0.1, -0.05) is 35.3 Å². The van der Waals surface area contributed by atoms with Crippen molar-refractivity contribution in [3.8, 4) is 5.75 Å². The summed E-state index contributed by atoms with van der Waals surface area (Å²) < 4.78 is 31.6. The van der Waals surface area contributed by atoms with Gasteiger partial charge in [0, 0.05) is 26.2 Å². The summed E-state index contributed by atoms with van der Waals surface area (Å²) in [6, 6.07) is 9.78. The molecule has 28 heavy (non-hydrogen) atoms. The molecule has 9 heteroatoms. The number of anilines is 1. The first-order valence-corrected chi connectivity index (χ1v) is 10.8. The van der Waals surface area contributed by atoms with Crippen molar-refractivity contribution in [3.63, 3.8) is 0 Å². The summed E-state index contributed by atoms with van der Waals surface area (Å²) in [5.41, 5.74) is 1.14. The largest absolute Gasteiger partial charge is 0.492 e. The molecule has 0 saturated heterocycles. The van der Waals surface area contributed by atoms with Crippen LogP contribution >= 0.6 is 23.2 Å². The maximum atomic E-state index is 12.6. The highest BCUT2D eigenvalue weighted by molar-refractivity contribution is 7.89. The van der Waals surface area contributed by atoms with E-state index in [0.29, 0.717) is 28.8 Å². The molecule has 0 bridgehead atoms. The van der Waals surface area contributed by atoms with Crippen LogP contribution in [0.4, 0.5) is 5.69 Å². The highest BCUT2D eigenvalue weighted by Gasteiger charge is 2.23. The average molecular weight is 445 g/mol. The van der Waals surface area contributed by atoms with Gasteiger partial charge in [-0.3, -0.25) is 4.79 Å². The first-order valence-electron chi connectivity index (χ1n) is 8.59. The molecule has 0 heterocycles. The van der Waals surface area contributed by atoms with Gasteiger partial charge < -0.3 is 10.1 Å². The van der Waals surface area contributed by atoms with Crippen LogP contribution in [0.5, 0.6) is 5.75 Å². The lowest BCUT2D eigenvalue weighted by atomic mass is 10.1. The van der Waals surface area contributed by atoms with Gasteiger partial charge in [-0.15, -0.1) is 0 Å². The third-order valence-corrected chi connectivity index (χ3v) is 6.63. The van der Waals surface area contributed by atoms with Crippen molar-refractivity contribution in [2.75, 3.05) is 26.0 Å². The second kappa shape index (κ2) is 9.60. The second-order valence-corrected chi connectivity index (χ2v) is 9.05. The highest BCUT2D eigenvalue weighted by atomic mass is 35.5. The van der Waals surface area contributed by atoms with Crippen LogP contribution in [0.2, 0.25) is 10.0 Å². The quantitative estimate of drug-likeness (QED) is 0.661. The molecule has 0 unspecified atom stereocenters. The van der Waals surface area contributed by atoms with Gasteiger partial charge in [0.05, 0.1) is 16.7 Å². The summed E-state index contributed by atoms with van der Waals surface area (Å²) in [4.78, 5) is 12.3. The van der Waals surface area contributed by atoms with Crippen molar-refractivity contribution in [2.45, 2.75) is 24.7 Å². The number of benzene rings is 2. The topological polar surface area (TPSA) is 75.7 Å². The van der Waals surface area contributed by atoms with Crippen LogP contribution in [-0.2, 0) is 21.2 Å². The maximum absolute atomic E-state index is 12.6. The number of aryl methyl sites for hydroxylation is 1. The van der Waals surface area contributed by atoms with E-state index in [4.69, 9.17) is 27.9 Å². The molecule has 0 fully saturated rings. The Balaban J connectivity index is 2.17. The monoisotopic (exact) mass is 444 g/mol. The van der Waals surface area contributed by atoms with Crippen LogP contribution in [0.1, 0.15) is 18.9 Å². The Labute approximate surface area is 175 Å². The Morgan fingerprint density at radius 3 is 2.54 bits per heavy atom. The van der Waals surface area contributed by atoms with Crippen molar-refractivity contribution in [1.29, 1.82) is 0 Å². The molecule has 0 aliphatic carbocycles. The SMILES string of the molecule is CCOc1ccc(NC(=O)CCc2cccc(Cl)c2Cl)cc1S(=O)(=O)N(C)C. The predicted octanol–water partition coefficient (Wildman–Crippen LogP) is 4.21. The van der Waals surface area contributed by atoms with Crippen LogP contribution in [-0.4, -0.2) is 39.3 Å². The molecule has 0 atom stereocenters. The summed E-state index contributed by atoms with van der Waals surface area (Å²) in [6.07, 6.45) is 0.578. The summed E-state index contributed by atoms with van der Waals surface area (Å²) in [6.45, 7) is 2.09. The zero-order valence-corrected chi connectivity index (χ0v) is 18.2. The average Bonchev–Trinajstić information content (AvgIpc) is 2.64. The lowest BCUT2D eigenvalue weighted by Crippen LogP contribution is -2.23. The van der Waals surface area contributed by atoms with E-state index >= 15 is 0 Å². The molecule has 0 aliphatic rings. The van der Waals surface area contributed by atoms with Gasteiger partial charge in [0.15, 0.2) is 0 Å². The lowest BCUT2D eigenvalue weighted by Gasteiger charge is -2.16. The molecular formula is C19H22Cl2N2O4S. The van der Waals surface area contributed by atoms with Crippen molar-refractivity contribution in [3.05, 3.63) is 52.0 Å². The number of amides is 1. The number of rotatable bonds is 8. The third kappa shape index (κ3) is 5.38. The number of hydrogen-bond donors (Lipinski definition) is 1. The molecule has 152 valence electrons. The van der Waals surface area contributed by atoms with Crippen molar-refractivity contribution in [2.24, 2.45) is 0 Å². The number of carbonyl (C=O) groups excluding carboxylic acids is 1. The van der Waals surface area contributed by atoms with E-state index in [2.05, 4.69) is 5.32 Å². The van der Waals surface area contributed by atoms with Gasteiger partial charge in [0.2, 0.25) is 15.9 Å². The Hall–Kier alpha value is -1.80. The number of nitrogens with zero attached hydrogens (tertiary/aromatic N) is 1. The third-order valence-electron chi connectivity index (χ3n) is 3.94. The van der Waals surface area contributed by atoms with Crippen molar-refractivity contribution in [1.82, 2.24) is 4.31 Å². The van der Waals surface area contributed by atoms with Gasteiger partial charge in [0.1, 0.15) is 10.6 Å². The van der Waals surface area contributed by atoms with E-state index in [-0.39, 0.29) is 23.0 Å². The Bertz CT molecular complexity index is 962. The van der Waals surface area contributed by atoms with Crippen LogP contribution in [0.3, 0.4) is 0 Å². The summed E-state index contributed by atoms with van der Waals surface area (Å²) in [5, 5.41) is 3.58. The number of nitrogens with one attached hydrogen (secondary N) is 1. The van der Waals surface area contributed by atoms with Crippen LogP contribution in [0.25, 0.3) is 0 Å². The van der Waals surface area contributed by atoms with E-state index in [9.17, 15) is 13.2 Å². The van der Waals surface area contributed by atoms with Crippen molar-refractivity contribution >= 4 is 44.8 Å². The first kappa shape index (κ1) is 22.5. The number of ether oxygens (including phenoxy) is 1. The van der Waals surface area contributed by atoms with Gasteiger partial charge in [0.25, 0.3) is 0 Å². The zero-order chi connectivity index (χ0) is 20.9. The fourth-order valence-electron chi connectivity index (χ4n) is 2.47. The van der Waals surface area contributed by atoms with Gasteiger partial charge >= 0.3 is 0 Å². The molecule has 0 aromatic heterocycles. The second-order valence-electron chi connectivity index (χ2n) is 6.14. The highest BCUT2D eigenvalue weighted by Crippen LogP contribution is 2.30. The normalized spacial score (nSPS) is 11.5. The minimum absolute atomic E-state index is 0.00460. The number of sulfonamides is 1. The van der Waals surface area contributed by atoms with E-state index in [1.54, 1.807) is 31.2 Å². The molecule has 2 aromatic carbocycles. The first-order chi connectivity index (χ1) is 13.2. The van der Waals surface area contributed by atoms with Crippen molar-refractivity contribution < 1.29 is 17.9 Å². The molecule has 6 nitrogen and oxygen atoms in total. The Kier molecular flexibility index (Phi) is 7.71. The Morgan fingerprint density at radius 2 is 1.89 bits per heavy atom. The number of halogens is 2. The van der Waals surface area contributed by atoms with Gasteiger partial charge in [-0.2, -0.15) is 0 Å². The van der Waals surface area contributed by atoms with E-state index < -0.39 is 10.0 Å². The zero-order valence-electron chi connectivity index (χ0n) is 15.8. The minimum atomic E-state index is -3.73. The van der Waals surface area contributed by atoms with E-state index in [1.165, 1.54) is 26.2 Å². The number of carbonyl (C=O) groups is 1. The molecule has 2 aromatic rings. The molecule has 0 spiro atoms. The fraction of sp³-hybridized carbons (Fsp3) is 0.316. The molecule has 2 rings (SSSR count). The predicted molar refractivity (Wildman–Crippen MR) is 112 cm³/mol.